The fourth-order valence-electron chi connectivity index (χ4n) is 1.58. The zero-order valence-electron chi connectivity index (χ0n) is 10.2. The topological polar surface area (TPSA) is 49.3 Å². The maximum absolute atomic E-state index is 11.0. The van der Waals surface area contributed by atoms with Gasteiger partial charge in [-0.05, 0) is 37.0 Å². The molecular formula is C13H18ClNO2. The van der Waals surface area contributed by atoms with Crippen molar-refractivity contribution >= 4 is 23.3 Å². The van der Waals surface area contributed by atoms with Crippen LogP contribution < -0.4 is 5.32 Å². The number of carboxylic acid groups (broad SMARTS) is 1. The van der Waals surface area contributed by atoms with Crippen LogP contribution in [0.5, 0.6) is 0 Å². The SMILES string of the molecule is CC(C)CCCNc1cc(Cl)ccc1C(=O)O. The van der Waals surface area contributed by atoms with E-state index >= 15 is 0 Å². The van der Waals surface area contributed by atoms with E-state index in [4.69, 9.17) is 16.7 Å². The first-order chi connectivity index (χ1) is 8.00. The summed E-state index contributed by atoms with van der Waals surface area (Å²) >= 11 is 5.85. The van der Waals surface area contributed by atoms with Crippen molar-refractivity contribution in [1.82, 2.24) is 0 Å². The lowest BCUT2D eigenvalue weighted by molar-refractivity contribution is 0.0698. The average molecular weight is 256 g/mol. The van der Waals surface area contributed by atoms with Crippen molar-refractivity contribution in [1.29, 1.82) is 0 Å². The molecule has 0 unspecified atom stereocenters. The van der Waals surface area contributed by atoms with Crippen LogP contribution in [0.15, 0.2) is 18.2 Å². The summed E-state index contributed by atoms with van der Waals surface area (Å²) in [7, 11) is 0. The third kappa shape index (κ3) is 4.65. The maximum atomic E-state index is 11.0. The molecule has 17 heavy (non-hydrogen) atoms. The van der Waals surface area contributed by atoms with Gasteiger partial charge in [-0.1, -0.05) is 25.4 Å². The Morgan fingerprint density at radius 3 is 2.76 bits per heavy atom. The Kier molecular flexibility index (Phi) is 5.29. The highest BCUT2D eigenvalue weighted by molar-refractivity contribution is 6.31. The van der Waals surface area contributed by atoms with Gasteiger partial charge in [0.05, 0.1) is 11.3 Å². The molecule has 0 spiro atoms. The third-order valence-corrected chi connectivity index (χ3v) is 2.72. The number of hydrogen-bond donors (Lipinski definition) is 2. The van der Waals surface area contributed by atoms with Crippen LogP contribution in [0.2, 0.25) is 5.02 Å². The molecule has 0 saturated heterocycles. The van der Waals surface area contributed by atoms with Crippen molar-refractivity contribution in [2.24, 2.45) is 5.92 Å². The molecule has 1 aromatic carbocycles. The Hall–Kier alpha value is -1.22. The number of aromatic carboxylic acids is 1. The molecule has 1 aromatic rings. The van der Waals surface area contributed by atoms with E-state index in [1.165, 1.54) is 6.07 Å². The minimum absolute atomic E-state index is 0.263. The summed E-state index contributed by atoms with van der Waals surface area (Å²) < 4.78 is 0. The monoisotopic (exact) mass is 255 g/mol. The Morgan fingerprint density at radius 2 is 2.18 bits per heavy atom. The van der Waals surface area contributed by atoms with Gasteiger partial charge in [0.15, 0.2) is 0 Å². The first-order valence-corrected chi connectivity index (χ1v) is 6.15. The zero-order valence-corrected chi connectivity index (χ0v) is 10.9. The molecule has 0 aromatic heterocycles. The summed E-state index contributed by atoms with van der Waals surface area (Å²) in [4.78, 5) is 11.0. The second-order valence-electron chi connectivity index (χ2n) is 4.46. The number of rotatable bonds is 6. The van der Waals surface area contributed by atoms with Gasteiger partial charge < -0.3 is 10.4 Å². The molecule has 0 fully saturated rings. The molecule has 0 atom stereocenters. The fourth-order valence-corrected chi connectivity index (χ4v) is 1.75. The van der Waals surface area contributed by atoms with Gasteiger partial charge in [0.1, 0.15) is 0 Å². The molecule has 1 rings (SSSR count). The molecule has 0 aliphatic carbocycles. The first-order valence-electron chi connectivity index (χ1n) is 5.77. The van der Waals surface area contributed by atoms with Crippen LogP contribution >= 0.6 is 11.6 Å². The smallest absolute Gasteiger partial charge is 0.337 e. The maximum Gasteiger partial charge on any atom is 0.337 e. The van der Waals surface area contributed by atoms with E-state index < -0.39 is 5.97 Å². The average Bonchev–Trinajstić information content (AvgIpc) is 2.23. The van der Waals surface area contributed by atoms with E-state index in [1.54, 1.807) is 12.1 Å². The second kappa shape index (κ2) is 6.50. The van der Waals surface area contributed by atoms with Gasteiger partial charge in [-0.2, -0.15) is 0 Å². The summed E-state index contributed by atoms with van der Waals surface area (Å²) in [6, 6.07) is 4.76. The first kappa shape index (κ1) is 13.8. The third-order valence-electron chi connectivity index (χ3n) is 2.49. The minimum Gasteiger partial charge on any atom is -0.478 e. The number of anilines is 1. The van der Waals surface area contributed by atoms with Crippen molar-refractivity contribution in [2.45, 2.75) is 26.7 Å². The molecule has 4 heteroatoms. The summed E-state index contributed by atoms with van der Waals surface area (Å²) in [5.74, 6) is -0.275. The van der Waals surface area contributed by atoms with Gasteiger partial charge in [-0.3, -0.25) is 0 Å². The minimum atomic E-state index is -0.937. The lowest BCUT2D eigenvalue weighted by atomic mass is 10.1. The van der Waals surface area contributed by atoms with E-state index in [0.717, 1.165) is 19.4 Å². The number of carbonyl (C=O) groups is 1. The highest BCUT2D eigenvalue weighted by Crippen LogP contribution is 2.21. The van der Waals surface area contributed by atoms with Crippen molar-refractivity contribution < 1.29 is 9.90 Å². The zero-order chi connectivity index (χ0) is 12.8. The van der Waals surface area contributed by atoms with Crippen molar-refractivity contribution in [3.63, 3.8) is 0 Å². The summed E-state index contributed by atoms with van der Waals surface area (Å²) in [5, 5.41) is 12.7. The highest BCUT2D eigenvalue weighted by Gasteiger charge is 2.09. The predicted molar refractivity (Wildman–Crippen MR) is 71.0 cm³/mol. The molecule has 0 aliphatic heterocycles. The quantitative estimate of drug-likeness (QED) is 0.759. The Morgan fingerprint density at radius 1 is 1.47 bits per heavy atom. The van der Waals surface area contributed by atoms with Gasteiger partial charge in [0.2, 0.25) is 0 Å². The Bertz CT molecular complexity index is 391. The van der Waals surface area contributed by atoms with Crippen LogP contribution in [0.1, 0.15) is 37.0 Å². The molecule has 0 bridgehead atoms. The highest BCUT2D eigenvalue weighted by atomic mass is 35.5. The molecule has 0 heterocycles. The van der Waals surface area contributed by atoms with Gasteiger partial charge in [0.25, 0.3) is 0 Å². The standard InChI is InChI=1S/C13H18ClNO2/c1-9(2)4-3-7-15-12-8-10(14)5-6-11(12)13(16)17/h5-6,8-9,15H,3-4,7H2,1-2H3,(H,16,17). The van der Waals surface area contributed by atoms with E-state index in [-0.39, 0.29) is 5.56 Å². The predicted octanol–water partition coefficient (Wildman–Crippen LogP) is 3.89. The van der Waals surface area contributed by atoms with E-state index in [2.05, 4.69) is 19.2 Å². The molecule has 94 valence electrons. The van der Waals surface area contributed by atoms with Crippen LogP contribution in [0.4, 0.5) is 5.69 Å². The van der Waals surface area contributed by atoms with Crippen molar-refractivity contribution in [3.05, 3.63) is 28.8 Å². The second-order valence-corrected chi connectivity index (χ2v) is 4.89. The van der Waals surface area contributed by atoms with Gasteiger partial charge in [-0.25, -0.2) is 4.79 Å². The number of nitrogens with one attached hydrogen (secondary N) is 1. The van der Waals surface area contributed by atoms with Crippen molar-refractivity contribution in [3.8, 4) is 0 Å². The number of halogens is 1. The van der Waals surface area contributed by atoms with Crippen LogP contribution in [0.25, 0.3) is 0 Å². The fraction of sp³-hybridized carbons (Fsp3) is 0.462. The van der Waals surface area contributed by atoms with Crippen LogP contribution in [0, 0.1) is 5.92 Å². The number of benzene rings is 1. The molecule has 0 amide bonds. The number of carboxylic acids is 1. The molecular weight excluding hydrogens is 238 g/mol. The Balaban J connectivity index is 2.62. The largest absolute Gasteiger partial charge is 0.478 e. The normalized spacial score (nSPS) is 10.6. The molecule has 0 radical (unpaired) electrons. The number of hydrogen-bond acceptors (Lipinski definition) is 2. The summed E-state index contributed by atoms with van der Waals surface area (Å²) in [5.41, 5.74) is 0.854. The van der Waals surface area contributed by atoms with Crippen LogP contribution in [-0.2, 0) is 0 Å². The molecule has 3 nitrogen and oxygen atoms in total. The van der Waals surface area contributed by atoms with Gasteiger partial charge in [-0.15, -0.1) is 0 Å². The summed E-state index contributed by atoms with van der Waals surface area (Å²) in [6.07, 6.45) is 2.14. The lowest BCUT2D eigenvalue weighted by Crippen LogP contribution is -2.08. The Labute approximate surface area is 107 Å². The lowest BCUT2D eigenvalue weighted by Gasteiger charge is -2.10. The molecule has 2 N–H and O–H groups in total. The summed E-state index contributed by atoms with van der Waals surface area (Å²) in [6.45, 7) is 5.10. The van der Waals surface area contributed by atoms with Crippen LogP contribution in [0.3, 0.4) is 0 Å². The molecule has 0 saturated carbocycles. The van der Waals surface area contributed by atoms with Gasteiger partial charge >= 0.3 is 5.97 Å². The van der Waals surface area contributed by atoms with E-state index in [1.807, 2.05) is 0 Å². The molecule has 0 aliphatic rings. The van der Waals surface area contributed by atoms with Crippen LogP contribution in [-0.4, -0.2) is 17.6 Å². The van der Waals surface area contributed by atoms with Gasteiger partial charge in [0, 0.05) is 11.6 Å². The van der Waals surface area contributed by atoms with E-state index in [9.17, 15) is 4.79 Å². The van der Waals surface area contributed by atoms with E-state index in [0.29, 0.717) is 16.6 Å². The van der Waals surface area contributed by atoms with Crippen molar-refractivity contribution in [2.75, 3.05) is 11.9 Å².